The Labute approximate surface area is 136 Å². The quantitative estimate of drug-likeness (QED) is 0.851. The van der Waals surface area contributed by atoms with E-state index in [-0.39, 0.29) is 4.90 Å². The van der Waals surface area contributed by atoms with Crippen molar-refractivity contribution in [3.8, 4) is 5.75 Å². The van der Waals surface area contributed by atoms with Gasteiger partial charge in [-0.1, -0.05) is 6.07 Å². The van der Waals surface area contributed by atoms with Gasteiger partial charge in [-0.2, -0.15) is 0 Å². The highest BCUT2D eigenvalue weighted by atomic mass is 32.2. The number of sulfonamides is 1. The van der Waals surface area contributed by atoms with Crippen LogP contribution in [0.15, 0.2) is 47.4 Å². The molecule has 0 unspecified atom stereocenters. The first-order valence-corrected chi connectivity index (χ1v) is 9.00. The Morgan fingerprint density at radius 2 is 1.70 bits per heavy atom. The lowest BCUT2D eigenvalue weighted by Crippen LogP contribution is -2.14. The lowest BCUT2D eigenvalue weighted by Gasteiger charge is -2.13. The molecule has 3 rings (SSSR count). The minimum atomic E-state index is -3.70. The predicted octanol–water partition coefficient (Wildman–Crippen LogP) is 3.38. The van der Waals surface area contributed by atoms with Crippen molar-refractivity contribution in [3.63, 3.8) is 0 Å². The lowest BCUT2D eigenvalue weighted by molar-refractivity contribution is 0.402. The van der Waals surface area contributed by atoms with Gasteiger partial charge in [0.1, 0.15) is 10.6 Å². The first-order chi connectivity index (χ1) is 11.0. The molecule has 2 aromatic rings. The summed E-state index contributed by atoms with van der Waals surface area (Å²) in [6.45, 7) is 1.84. The minimum absolute atomic E-state index is 0.139. The molecule has 0 aromatic heterocycles. The number of hydrogen-bond donors (Lipinski definition) is 2. The highest BCUT2D eigenvalue weighted by Crippen LogP contribution is 2.28. The van der Waals surface area contributed by atoms with Crippen LogP contribution in [0, 0.1) is 6.92 Å². The molecule has 0 spiro atoms. The number of anilines is 2. The van der Waals surface area contributed by atoms with E-state index >= 15 is 0 Å². The molecule has 0 bridgehead atoms. The topological polar surface area (TPSA) is 67.4 Å². The molecule has 2 N–H and O–H groups in total. The van der Waals surface area contributed by atoms with Gasteiger partial charge in [-0.25, -0.2) is 8.42 Å². The number of aryl methyl sites for hydroxylation is 1. The van der Waals surface area contributed by atoms with Gasteiger partial charge in [-0.3, -0.25) is 4.72 Å². The molecule has 0 amide bonds. The number of benzene rings is 2. The molecule has 6 heteroatoms. The zero-order valence-electron chi connectivity index (χ0n) is 13.2. The summed E-state index contributed by atoms with van der Waals surface area (Å²) >= 11 is 0. The average Bonchev–Trinajstić information content (AvgIpc) is 3.33. The summed E-state index contributed by atoms with van der Waals surface area (Å²) < 4.78 is 33.0. The molecular weight excluding hydrogens is 312 g/mol. The van der Waals surface area contributed by atoms with Crippen molar-refractivity contribution in [1.29, 1.82) is 0 Å². The van der Waals surface area contributed by atoms with Crippen molar-refractivity contribution in [2.24, 2.45) is 0 Å². The fourth-order valence-electron chi connectivity index (χ4n) is 2.30. The van der Waals surface area contributed by atoms with Gasteiger partial charge in [0, 0.05) is 17.4 Å². The molecule has 1 fully saturated rings. The van der Waals surface area contributed by atoms with Crippen LogP contribution in [0.25, 0.3) is 0 Å². The maximum absolute atomic E-state index is 12.6. The van der Waals surface area contributed by atoms with Crippen LogP contribution in [-0.2, 0) is 10.0 Å². The molecule has 0 aliphatic heterocycles. The maximum Gasteiger partial charge on any atom is 0.265 e. The van der Waals surface area contributed by atoms with Gasteiger partial charge in [0.25, 0.3) is 10.0 Å². The summed E-state index contributed by atoms with van der Waals surface area (Å²) in [5.74, 6) is 0.329. The molecule has 1 aliphatic rings. The second-order valence-electron chi connectivity index (χ2n) is 5.76. The number of ether oxygens (including phenoxy) is 1. The van der Waals surface area contributed by atoms with Crippen LogP contribution in [0.4, 0.5) is 11.4 Å². The monoisotopic (exact) mass is 332 g/mol. The van der Waals surface area contributed by atoms with Gasteiger partial charge in [0.2, 0.25) is 0 Å². The Balaban J connectivity index is 1.81. The van der Waals surface area contributed by atoms with E-state index in [1.54, 1.807) is 24.3 Å². The summed E-state index contributed by atoms with van der Waals surface area (Å²) in [5, 5.41) is 3.37. The van der Waals surface area contributed by atoms with Gasteiger partial charge in [-0.05, 0) is 61.7 Å². The fraction of sp³-hybridized carbons (Fsp3) is 0.294. The van der Waals surface area contributed by atoms with Crippen LogP contribution in [0.2, 0.25) is 0 Å². The van der Waals surface area contributed by atoms with E-state index in [1.807, 2.05) is 25.1 Å². The number of rotatable bonds is 6. The predicted molar refractivity (Wildman–Crippen MR) is 91.6 cm³/mol. The van der Waals surface area contributed by atoms with Crippen LogP contribution in [0.1, 0.15) is 18.4 Å². The molecular formula is C17H20N2O3S. The average molecular weight is 332 g/mol. The standard InChI is InChI=1S/C17H20N2O3S/c1-12-3-10-16(22-2)17(11-12)23(20,21)19-15-8-6-14(7-9-15)18-13-4-5-13/h3,6-11,13,18-19H,4-5H2,1-2H3. The van der Waals surface area contributed by atoms with Crippen molar-refractivity contribution >= 4 is 21.4 Å². The van der Waals surface area contributed by atoms with E-state index in [0.29, 0.717) is 17.5 Å². The highest BCUT2D eigenvalue weighted by Gasteiger charge is 2.21. The molecule has 2 aromatic carbocycles. The van der Waals surface area contributed by atoms with E-state index in [1.165, 1.54) is 20.0 Å². The smallest absolute Gasteiger partial charge is 0.265 e. The van der Waals surface area contributed by atoms with Crippen molar-refractivity contribution in [2.75, 3.05) is 17.1 Å². The van der Waals surface area contributed by atoms with Crippen LogP contribution >= 0.6 is 0 Å². The Morgan fingerprint density at radius 1 is 1.04 bits per heavy atom. The van der Waals surface area contributed by atoms with Gasteiger partial charge in [-0.15, -0.1) is 0 Å². The minimum Gasteiger partial charge on any atom is -0.495 e. The third-order valence-corrected chi connectivity index (χ3v) is 5.10. The van der Waals surface area contributed by atoms with Gasteiger partial charge in [0.15, 0.2) is 0 Å². The largest absolute Gasteiger partial charge is 0.495 e. The van der Waals surface area contributed by atoms with Gasteiger partial charge < -0.3 is 10.1 Å². The number of methoxy groups -OCH3 is 1. The lowest BCUT2D eigenvalue weighted by atomic mass is 10.2. The second-order valence-corrected chi connectivity index (χ2v) is 7.41. The van der Waals surface area contributed by atoms with E-state index < -0.39 is 10.0 Å². The first-order valence-electron chi connectivity index (χ1n) is 7.52. The SMILES string of the molecule is COc1ccc(C)cc1S(=O)(=O)Nc1ccc(NC2CC2)cc1. The normalized spacial score (nSPS) is 14.3. The summed E-state index contributed by atoms with van der Waals surface area (Å²) in [4.78, 5) is 0.139. The molecule has 1 aliphatic carbocycles. The number of nitrogens with one attached hydrogen (secondary N) is 2. The Bertz CT molecular complexity index is 797. The first kappa shape index (κ1) is 15.7. The van der Waals surface area contributed by atoms with E-state index in [2.05, 4.69) is 10.0 Å². The summed E-state index contributed by atoms with van der Waals surface area (Å²) in [5.41, 5.74) is 2.38. The Hall–Kier alpha value is -2.21. The van der Waals surface area contributed by atoms with Crippen LogP contribution in [0.5, 0.6) is 5.75 Å². The van der Waals surface area contributed by atoms with E-state index in [4.69, 9.17) is 4.74 Å². The third-order valence-electron chi connectivity index (χ3n) is 3.69. The maximum atomic E-state index is 12.6. The number of hydrogen-bond acceptors (Lipinski definition) is 4. The molecule has 0 heterocycles. The summed E-state index contributed by atoms with van der Waals surface area (Å²) in [6, 6.07) is 12.9. The summed E-state index contributed by atoms with van der Waals surface area (Å²) in [7, 11) is -2.24. The van der Waals surface area contributed by atoms with Crippen molar-refractivity contribution in [3.05, 3.63) is 48.0 Å². The molecule has 1 saturated carbocycles. The summed E-state index contributed by atoms with van der Waals surface area (Å²) in [6.07, 6.45) is 2.39. The Kier molecular flexibility index (Phi) is 4.17. The van der Waals surface area contributed by atoms with Crippen molar-refractivity contribution in [2.45, 2.75) is 30.7 Å². The zero-order valence-corrected chi connectivity index (χ0v) is 14.0. The van der Waals surface area contributed by atoms with Gasteiger partial charge >= 0.3 is 0 Å². The van der Waals surface area contributed by atoms with Gasteiger partial charge in [0.05, 0.1) is 7.11 Å². The zero-order chi connectivity index (χ0) is 16.4. The molecule has 0 radical (unpaired) electrons. The fourth-order valence-corrected chi connectivity index (χ4v) is 3.62. The molecule has 5 nitrogen and oxygen atoms in total. The van der Waals surface area contributed by atoms with Crippen LogP contribution in [-0.4, -0.2) is 21.6 Å². The molecule has 23 heavy (non-hydrogen) atoms. The van der Waals surface area contributed by atoms with E-state index in [9.17, 15) is 8.42 Å². The highest BCUT2D eigenvalue weighted by molar-refractivity contribution is 7.92. The van der Waals surface area contributed by atoms with E-state index in [0.717, 1.165) is 11.3 Å². The van der Waals surface area contributed by atoms with Crippen LogP contribution in [0.3, 0.4) is 0 Å². The molecule has 0 atom stereocenters. The molecule has 122 valence electrons. The van der Waals surface area contributed by atoms with Crippen molar-refractivity contribution in [1.82, 2.24) is 0 Å². The third kappa shape index (κ3) is 3.76. The van der Waals surface area contributed by atoms with Crippen LogP contribution < -0.4 is 14.8 Å². The Morgan fingerprint density at radius 3 is 2.30 bits per heavy atom. The molecule has 0 saturated heterocycles. The second kappa shape index (κ2) is 6.12. The van der Waals surface area contributed by atoms with Crippen molar-refractivity contribution < 1.29 is 13.2 Å².